The molecule has 1 heterocycles. The number of hydrogen-bond donors (Lipinski definition) is 0. The van der Waals surface area contributed by atoms with Gasteiger partial charge in [0.1, 0.15) is 0 Å². The molecule has 0 bridgehead atoms. The van der Waals surface area contributed by atoms with Gasteiger partial charge in [-0.05, 0) is 29.3 Å². The average Bonchev–Trinajstić information content (AvgIpc) is 2.44. The Bertz CT molecular complexity index is 447. The molecule has 0 saturated carbocycles. The van der Waals surface area contributed by atoms with Crippen molar-refractivity contribution in [3.8, 4) is 0 Å². The number of rotatable bonds is 2. The second-order valence-electron chi connectivity index (χ2n) is 3.32. The summed E-state index contributed by atoms with van der Waals surface area (Å²) < 4.78 is 0.855. The first-order chi connectivity index (χ1) is 7.08. The summed E-state index contributed by atoms with van der Waals surface area (Å²) in [6.07, 6.45) is 0. The van der Waals surface area contributed by atoms with Crippen LogP contribution in [0.2, 0.25) is 0 Å². The van der Waals surface area contributed by atoms with Gasteiger partial charge in [0.2, 0.25) is 5.24 Å². The molecule has 1 aliphatic rings. The van der Waals surface area contributed by atoms with E-state index in [1.807, 2.05) is 12.1 Å². The van der Waals surface area contributed by atoms with Gasteiger partial charge in [-0.15, -0.1) is 0 Å². The maximum atomic E-state index is 11.8. The van der Waals surface area contributed by atoms with Gasteiger partial charge < -0.3 is 4.90 Å². The molecule has 1 amide bonds. The molecular formula is C10H7BrClNO2. The Morgan fingerprint density at radius 2 is 2.27 bits per heavy atom. The molecule has 1 aromatic rings. The standard InChI is InChI=1S/C10H7BrClNO2/c11-7-2-1-6-4-13(5-9(12)14)10(15)8(6)3-7/h1-3H,4-5H2. The van der Waals surface area contributed by atoms with Crippen molar-refractivity contribution in [1.82, 2.24) is 4.90 Å². The van der Waals surface area contributed by atoms with Gasteiger partial charge in [0, 0.05) is 16.6 Å². The molecule has 0 aliphatic carbocycles. The summed E-state index contributed by atoms with van der Waals surface area (Å²) in [5.41, 5.74) is 1.57. The molecular weight excluding hydrogens is 281 g/mol. The Morgan fingerprint density at radius 1 is 1.53 bits per heavy atom. The number of carbonyl (C=O) groups is 2. The number of amides is 1. The first kappa shape index (κ1) is 10.6. The van der Waals surface area contributed by atoms with Crippen LogP contribution in [0, 0.1) is 0 Å². The van der Waals surface area contributed by atoms with Crippen LogP contribution < -0.4 is 0 Å². The van der Waals surface area contributed by atoms with Crippen molar-refractivity contribution < 1.29 is 9.59 Å². The number of nitrogens with zero attached hydrogens (tertiary/aromatic N) is 1. The summed E-state index contributed by atoms with van der Waals surface area (Å²) in [6.45, 7) is 0.423. The summed E-state index contributed by atoms with van der Waals surface area (Å²) in [5.74, 6) is -0.139. The second kappa shape index (κ2) is 3.94. The number of carbonyl (C=O) groups excluding carboxylic acids is 2. The maximum Gasteiger partial charge on any atom is 0.254 e. The molecule has 0 spiro atoms. The molecule has 3 nitrogen and oxygen atoms in total. The summed E-state index contributed by atoms with van der Waals surface area (Å²) in [6, 6.07) is 5.50. The van der Waals surface area contributed by atoms with E-state index >= 15 is 0 Å². The minimum atomic E-state index is -0.518. The molecule has 0 atom stereocenters. The van der Waals surface area contributed by atoms with Crippen LogP contribution in [0.1, 0.15) is 15.9 Å². The lowest BCUT2D eigenvalue weighted by Crippen LogP contribution is -2.28. The molecule has 1 aliphatic heterocycles. The largest absolute Gasteiger partial charge is 0.326 e. The van der Waals surface area contributed by atoms with Gasteiger partial charge in [-0.1, -0.05) is 22.0 Å². The Kier molecular flexibility index (Phi) is 2.80. The zero-order valence-corrected chi connectivity index (χ0v) is 10.0. The first-order valence-electron chi connectivity index (χ1n) is 4.34. The van der Waals surface area contributed by atoms with Gasteiger partial charge in [0.25, 0.3) is 5.91 Å². The van der Waals surface area contributed by atoms with Crippen LogP contribution in [0.4, 0.5) is 0 Å². The molecule has 0 saturated heterocycles. The third kappa shape index (κ3) is 2.06. The maximum absolute atomic E-state index is 11.8. The Balaban J connectivity index is 2.29. The van der Waals surface area contributed by atoms with E-state index in [4.69, 9.17) is 11.6 Å². The SMILES string of the molecule is O=C(Cl)CN1Cc2ccc(Br)cc2C1=O. The summed E-state index contributed by atoms with van der Waals surface area (Å²) in [7, 11) is 0. The molecule has 5 heteroatoms. The van der Waals surface area contributed by atoms with E-state index in [2.05, 4.69) is 15.9 Å². The lowest BCUT2D eigenvalue weighted by Gasteiger charge is -2.11. The van der Waals surface area contributed by atoms with Crippen molar-refractivity contribution in [2.24, 2.45) is 0 Å². The van der Waals surface area contributed by atoms with Crippen LogP contribution in [0.5, 0.6) is 0 Å². The van der Waals surface area contributed by atoms with E-state index in [0.29, 0.717) is 12.1 Å². The fourth-order valence-corrected chi connectivity index (χ4v) is 2.12. The van der Waals surface area contributed by atoms with Gasteiger partial charge >= 0.3 is 0 Å². The molecule has 0 N–H and O–H groups in total. The number of hydrogen-bond acceptors (Lipinski definition) is 2. The summed E-state index contributed by atoms with van der Waals surface area (Å²) in [4.78, 5) is 23.9. The van der Waals surface area contributed by atoms with Crippen LogP contribution in [0.25, 0.3) is 0 Å². The smallest absolute Gasteiger partial charge is 0.254 e. The summed E-state index contributed by atoms with van der Waals surface area (Å²) in [5, 5.41) is -0.518. The molecule has 78 valence electrons. The molecule has 0 unspecified atom stereocenters. The van der Waals surface area contributed by atoms with Crippen LogP contribution >= 0.6 is 27.5 Å². The van der Waals surface area contributed by atoms with Crippen molar-refractivity contribution in [3.05, 3.63) is 33.8 Å². The average molecular weight is 289 g/mol. The predicted molar refractivity (Wildman–Crippen MR) is 59.7 cm³/mol. The van der Waals surface area contributed by atoms with Gasteiger partial charge in [-0.3, -0.25) is 9.59 Å². The van der Waals surface area contributed by atoms with Crippen LogP contribution in [-0.4, -0.2) is 22.6 Å². The van der Waals surface area contributed by atoms with Gasteiger partial charge in [-0.25, -0.2) is 0 Å². The zero-order valence-electron chi connectivity index (χ0n) is 7.67. The third-order valence-electron chi connectivity index (χ3n) is 2.27. The monoisotopic (exact) mass is 287 g/mol. The van der Waals surface area contributed by atoms with Crippen LogP contribution in [0.3, 0.4) is 0 Å². The lowest BCUT2D eigenvalue weighted by atomic mass is 10.1. The highest BCUT2D eigenvalue weighted by molar-refractivity contribution is 9.10. The number of halogens is 2. The van der Waals surface area contributed by atoms with E-state index in [1.165, 1.54) is 4.90 Å². The fourth-order valence-electron chi connectivity index (χ4n) is 1.61. The highest BCUT2D eigenvalue weighted by Gasteiger charge is 2.28. The lowest BCUT2D eigenvalue weighted by molar-refractivity contribution is -0.112. The Hall–Kier alpha value is -0.870. The quantitative estimate of drug-likeness (QED) is 0.782. The van der Waals surface area contributed by atoms with Crippen molar-refractivity contribution in [2.45, 2.75) is 6.54 Å². The van der Waals surface area contributed by atoms with Crippen molar-refractivity contribution in [3.63, 3.8) is 0 Å². The Labute approximate surface area is 100 Å². The zero-order chi connectivity index (χ0) is 11.0. The van der Waals surface area contributed by atoms with Gasteiger partial charge in [0.15, 0.2) is 0 Å². The third-order valence-corrected chi connectivity index (χ3v) is 2.88. The van der Waals surface area contributed by atoms with Crippen molar-refractivity contribution in [2.75, 3.05) is 6.54 Å². The van der Waals surface area contributed by atoms with Crippen LogP contribution in [0.15, 0.2) is 22.7 Å². The predicted octanol–water partition coefficient (Wildman–Crippen LogP) is 2.17. The fraction of sp³-hybridized carbons (Fsp3) is 0.200. The van der Waals surface area contributed by atoms with E-state index in [9.17, 15) is 9.59 Å². The molecule has 0 fully saturated rings. The van der Waals surface area contributed by atoms with Crippen LogP contribution in [-0.2, 0) is 11.3 Å². The minimum Gasteiger partial charge on any atom is -0.326 e. The molecule has 15 heavy (non-hydrogen) atoms. The summed E-state index contributed by atoms with van der Waals surface area (Å²) >= 11 is 8.55. The van der Waals surface area contributed by atoms with E-state index < -0.39 is 5.24 Å². The minimum absolute atomic E-state index is 0.0350. The molecule has 0 aromatic heterocycles. The molecule has 2 rings (SSSR count). The Morgan fingerprint density at radius 3 is 2.93 bits per heavy atom. The normalized spacial score (nSPS) is 14.3. The van der Waals surface area contributed by atoms with E-state index in [1.54, 1.807) is 6.07 Å². The molecule has 0 radical (unpaired) electrons. The second-order valence-corrected chi connectivity index (χ2v) is 4.66. The van der Waals surface area contributed by atoms with Gasteiger partial charge in [0.05, 0.1) is 6.54 Å². The highest BCUT2D eigenvalue weighted by Crippen LogP contribution is 2.25. The number of fused-ring (bicyclic) bond motifs is 1. The van der Waals surface area contributed by atoms with Crippen molar-refractivity contribution >= 4 is 38.7 Å². The van der Waals surface area contributed by atoms with E-state index in [-0.39, 0.29) is 12.5 Å². The highest BCUT2D eigenvalue weighted by atomic mass is 79.9. The van der Waals surface area contributed by atoms with Crippen molar-refractivity contribution in [1.29, 1.82) is 0 Å². The topological polar surface area (TPSA) is 37.4 Å². The van der Waals surface area contributed by atoms with E-state index in [0.717, 1.165) is 10.0 Å². The first-order valence-corrected chi connectivity index (χ1v) is 5.51. The van der Waals surface area contributed by atoms with Gasteiger partial charge in [-0.2, -0.15) is 0 Å². The number of benzene rings is 1. The molecule has 1 aromatic carbocycles.